The summed E-state index contributed by atoms with van der Waals surface area (Å²) in [4.78, 5) is 25.9. The highest BCUT2D eigenvalue weighted by Crippen LogP contribution is 2.21. The average molecular weight is 291 g/mol. The fraction of sp³-hybridized carbons (Fsp3) is 0.467. The monoisotopic (exact) mass is 291 g/mol. The number of benzene rings is 1. The molecule has 0 atom stereocenters. The Kier molecular flexibility index (Phi) is 5.30. The number of carbonyl (C=O) groups is 2. The van der Waals surface area contributed by atoms with Crippen molar-refractivity contribution in [3.63, 3.8) is 0 Å². The molecular weight excluding hydrogens is 270 g/mol. The van der Waals surface area contributed by atoms with E-state index >= 15 is 0 Å². The molecule has 114 valence electrons. The summed E-state index contributed by atoms with van der Waals surface area (Å²) in [6.45, 7) is 4.47. The van der Waals surface area contributed by atoms with Gasteiger partial charge in [0.15, 0.2) is 0 Å². The van der Waals surface area contributed by atoms with Crippen LogP contribution in [-0.2, 0) is 9.53 Å². The molecule has 2 rings (SSSR count). The number of anilines is 1. The smallest absolute Gasteiger partial charge is 0.254 e. The van der Waals surface area contributed by atoms with Crippen molar-refractivity contribution in [3.8, 4) is 0 Å². The topological polar surface area (TPSA) is 84.7 Å². The summed E-state index contributed by atoms with van der Waals surface area (Å²) in [6, 6.07) is 5.35. The number of carbonyl (C=O) groups excluding carboxylic acids is 2. The number of ether oxygens (including phenoxy) is 1. The van der Waals surface area contributed by atoms with E-state index in [1.165, 1.54) is 0 Å². The van der Waals surface area contributed by atoms with Crippen molar-refractivity contribution in [1.82, 2.24) is 4.90 Å². The molecule has 21 heavy (non-hydrogen) atoms. The Labute approximate surface area is 124 Å². The van der Waals surface area contributed by atoms with Crippen LogP contribution in [-0.4, -0.2) is 49.6 Å². The maximum atomic E-state index is 12.5. The van der Waals surface area contributed by atoms with Crippen LogP contribution in [0.5, 0.6) is 0 Å². The standard InChI is InChI=1S/C15H21N3O3/c1-11-12(15(20)18-7-9-21-10-8-18)3-2-4-13(11)17-14(19)5-6-16/h2-4H,5-10,16H2,1H3,(H,17,19). The average Bonchev–Trinajstić information content (AvgIpc) is 2.50. The summed E-state index contributed by atoms with van der Waals surface area (Å²) >= 11 is 0. The molecule has 1 saturated heterocycles. The van der Waals surface area contributed by atoms with Crippen molar-refractivity contribution in [1.29, 1.82) is 0 Å². The largest absolute Gasteiger partial charge is 0.378 e. The molecule has 6 heteroatoms. The summed E-state index contributed by atoms with van der Waals surface area (Å²) in [7, 11) is 0. The predicted molar refractivity (Wildman–Crippen MR) is 80.2 cm³/mol. The third kappa shape index (κ3) is 3.80. The van der Waals surface area contributed by atoms with Gasteiger partial charge in [0.1, 0.15) is 0 Å². The van der Waals surface area contributed by atoms with E-state index < -0.39 is 0 Å². The lowest BCUT2D eigenvalue weighted by Gasteiger charge is -2.27. The van der Waals surface area contributed by atoms with Gasteiger partial charge in [0.25, 0.3) is 5.91 Å². The molecule has 0 aliphatic carbocycles. The van der Waals surface area contributed by atoms with Crippen LogP contribution >= 0.6 is 0 Å². The van der Waals surface area contributed by atoms with Crippen molar-refractivity contribution in [2.45, 2.75) is 13.3 Å². The zero-order valence-corrected chi connectivity index (χ0v) is 12.2. The van der Waals surface area contributed by atoms with Gasteiger partial charge >= 0.3 is 0 Å². The van der Waals surface area contributed by atoms with Gasteiger partial charge in [-0.2, -0.15) is 0 Å². The normalized spacial score (nSPS) is 14.9. The van der Waals surface area contributed by atoms with E-state index in [1.807, 2.05) is 6.92 Å². The van der Waals surface area contributed by atoms with Gasteiger partial charge in [-0.05, 0) is 24.6 Å². The van der Waals surface area contributed by atoms with Crippen molar-refractivity contribution in [3.05, 3.63) is 29.3 Å². The molecule has 0 radical (unpaired) electrons. The third-order valence-electron chi connectivity index (χ3n) is 3.51. The number of amides is 2. The first-order chi connectivity index (χ1) is 10.1. The summed E-state index contributed by atoms with van der Waals surface area (Å²) in [5, 5.41) is 2.79. The van der Waals surface area contributed by atoms with Crippen molar-refractivity contribution >= 4 is 17.5 Å². The number of hydrogen-bond donors (Lipinski definition) is 2. The van der Waals surface area contributed by atoms with Gasteiger partial charge in [-0.1, -0.05) is 6.07 Å². The summed E-state index contributed by atoms with van der Waals surface area (Å²) < 4.78 is 5.26. The summed E-state index contributed by atoms with van der Waals surface area (Å²) in [5.41, 5.74) is 7.41. The fourth-order valence-corrected chi connectivity index (χ4v) is 2.28. The molecule has 1 heterocycles. The van der Waals surface area contributed by atoms with Crippen LogP contribution in [0.4, 0.5) is 5.69 Å². The first kappa shape index (κ1) is 15.5. The molecule has 0 unspecified atom stereocenters. The second kappa shape index (κ2) is 7.19. The molecule has 0 bridgehead atoms. The Balaban J connectivity index is 2.16. The second-order valence-corrected chi connectivity index (χ2v) is 4.97. The second-order valence-electron chi connectivity index (χ2n) is 4.97. The molecule has 2 amide bonds. The van der Waals surface area contributed by atoms with Gasteiger partial charge in [-0.3, -0.25) is 9.59 Å². The maximum absolute atomic E-state index is 12.5. The van der Waals surface area contributed by atoms with Crippen LogP contribution in [0.15, 0.2) is 18.2 Å². The highest BCUT2D eigenvalue weighted by Gasteiger charge is 2.21. The van der Waals surface area contributed by atoms with E-state index in [4.69, 9.17) is 10.5 Å². The minimum Gasteiger partial charge on any atom is -0.378 e. The summed E-state index contributed by atoms with van der Waals surface area (Å²) in [6.07, 6.45) is 0.265. The molecule has 1 fully saturated rings. The number of nitrogens with one attached hydrogen (secondary N) is 1. The lowest BCUT2D eigenvalue weighted by Crippen LogP contribution is -2.41. The number of nitrogens with zero attached hydrogens (tertiary/aromatic N) is 1. The van der Waals surface area contributed by atoms with Crippen LogP contribution < -0.4 is 11.1 Å². The maximum Gasteiger partial charge on any atom is 0.254 e. The van der Waals surface area contributed by atoms with Crippen molar-refractivity contribution < 1.29 is 14.3 Å². The molecule has 1 aromatic carbocycles. The molecule has 0 spiro atoms. The van der Waals surface area contributed by atoms with Gasteiger partial charge in [0.2, 0.25) is 5.91 Å². The van der Waals surface area contributed by atoms with Gasteiger partial charge in [0, 0.05) is 37.3 Å². The molecule has 6 nitrogen and oxygen atoms in total. The summed E-state index contributed by atoms with van der Waals surface area (Å²) in [5.74, 6) is -0.165. The Morgan fingerprint density at radius 1 is 1.33 bits per heavy atom. The molecular formula is C15H21N3O3. The molecule has 1 aliphatic rings. The van der Waals surface area contributed by atoms with E-state index in [2.05, 4.69) is 5.32 Å². The minimum atomic E-state index is -0.142. The van der Waals surface area contributed by atoms with Crippen LogP contribution in [0.2, 0.25) is 0 Å². The lowest BCUT2D eigenvalue weighted by molar-refractivity contribution is -0.116. The number of rotatable bonds is 4. The first-order valence-corrected chi connectivity index (χ1v) is 7.10. The quantitative estimate of drug-likeness (QED) is 0.857. The van der Waals surface area contributed by atoms with Gasteiger partial charge in [-0.15, -0.1) is 0 Å². The van der Waals surface area contributed by atoms with Gasteiger partial charge < -0.3 is 20.7 Å². The number of hydrogen-bond acceptors (Lipinski definition) is 4. The van der Waals surface area contributed by atoms with Gasteiger partial charge in [0.05, 0.1) is 13.2 Å². The first-order valence-electron chi connectivity index (χ1n) is 7.10. The van der Waals surface area contributed by atoms with E-state index in [0.717, 1.165) is 5.56 Å². The van der Waals surface area contributed by atoms with E-state index in [-0.39, 0.29) is 18.2 Å². The number of nitrogens with two attached hydrogens (primary N) is 1. The van der Waals surface area contributed by atoms with E-state index in [1.54, 1.807) is 23.1 Å². The molecule has 3 N–H and O–H groups in total. The van der Waals surface area contributed by atoms with Crippen LogP contribution in [0.1, 0.15) is 22.3 Å². The van der Waals surface area contributed by atoms with Crippen LogP contribution in [0.3, 0.4) is 0 Å². The minimum absolute atomic E-state index is 0.0225. The Morgan fingerprint density at radius 2 is 2.05 bits per heavy atom. The van der Waals surface area contributed by atoms with Crippen molar-refractivity contribution in [2.75, 3.05) is 38.2 Å². The van der Waals surface area contributed by atoms with Gasteiger partial charge in [-0.25, -0.2) is 0 Å². The number of morpholine rings is 1. The Morgan fingerprint density at radius 3 is 2.71 bits per heavy atom. The Bertz CT molecular complexity index is 525. The molecule has 1 aromatic rings. The molecule has 0 aromatic heterocycles. The Hall–Kier alpha value is -1.92. The zero-order chi connectivity index (χ0) is 15.2. The van der Waals surface area contributed by atoms with Crippen LogP contribution in [0, 0.1) is 6.92 Å². The SMILES string of the molecule is Cc1c(NC(=O)CCN)cccc1C(=O)N1CCOCC1. The fourth-order valence-electron chi connectivity index (χ4n) is 2.28. The molecule has 0 saturated carbocycles. The highest BCUT2D eigenvalue weighted by molar-refractivity contribution is 5.99. The third-order valence-corrected chi connectivity index (χ3v) is 3.51. The van der Waals surface area contributed by atoms with Crippen molar-refractivity contribution in [2.24, 2.45) is 5.73 Å². The highest BCUT2D eigenvalue weighted by atomic mass is 16.5. The van der Waals surface area contributed by atoms with E-state index in [0.29, 0.717) is 44.1 Å². The molecule has 1 aliphatic heterocycles. The predicted octanol–water partition coefficient (Wildman–Crippen LogP) is 0.755. The van der Waals surface area contributed by atoms with E-state index in [9.17, 15) is 9.59 Å². The zero-order valence-electron chi connectivity index (χ0n) is 12.2. The lowest BCUT2D eigenvalue weighted by atomic mass is 10.0. The van der Waals surface area contributed by atoms with Crippen LogP contribution in [0.25, 0.3) is 0 Å².